The number of pyridine rings is 1. The van der Waals surface area contributed by atoms with Crippen molar-refractivity contribution in [1.82, 2.24) is 19.4 Å². The minimum atomic E-state index is -1.04. The van der Waals surface area contributed by atoms with Crippen molar-refractivity contribution in [2.75, 3.05) is 31.2 Å². The highest BCUT2D eigenvalue weighted by Crippen LogP contribution is 2.34. The van der Waals surface area contributed by atoms with E-state index in [-0.39, 0.29) is 24.3 Å². The van der Waals surface area contributed by atoms with Crippen LogP contribution < -0.4 is 9.64 Å². The number of rotatable bonds is 9. The highest BCUT2D eigenvalue weighted by atomic mass is 35.5. The molecule has 0 bridgehead atoms. The Morgan fingerprint density at radius 2 is 2.00 bits per heavy atom. The van der Waals surface area contributed by atoms with E-state index in [1.165, 1.54) is 12.1 Å². The van der Waals surface area contributed by atoms with E-state index in [2.05, 4.69) is 9.80 Å². The van der Waals surface area contributed by atoms with Crippen LogP contribution >= 0.6 is 23.2 Å². The maximum absolute atomic E-state index is 14.2. The van der Waals surface area contributed by atoms with E-state index in [0.29, 0.717) is 77.7 Å². The highest BCUT2D eigenvalue weighted by molar-refractivity contribution is 6.35. The van der Waals surface area contributed by atoms with E-state index in [9.17, 15) is 14.3 Å². The van der Waals surface area contributed by atoms with E-state index in [1.54, 1.807) is 30.5 Å². The van der Waals surface area contributed by atoms with Gasteiger partial charge in [0, 0.05) is 36.3 Å². The van der Waals surface area contributed by atoms with E-state index < -0.39 is 11.8 Å². The molecule has 7 rings (SSSR count). The summed E-state index contributed by atoms with van der Waals surface area (Å²) in [5.41, 5.74) is 2.71. The minimum Gasteiger partial charge on any atom is -0.497 e. The van der Waals surface area contributed by atoms with Crippen LogP contribution in [-0.4, -0.2) is 69.0 Å². The van der Waals surface area contributed by atoms with Gasteiger partial charge in [-0.15, -0.1) is 0 Å². The molecule has 3 aliphatic heterocycles. The van der Waals surface area contributed by atoms with Crippen LogP contribution in [0.15, 0.2) is 60.5 Å². The Kier molecular flexibility index (Phi) is 7.79. The lowest BCUT2D eigenvalue weighted by molar-refractivity contribution is -0.0592. The smallest absolute Gasteiger partial charge is 0.335 e. The number of piperazine rings is 1. The van der Waals surface area contributed by atoms with Crippen molar-refractivity contribution in [2.45, 2.75) is 38.3 Å². The quantitative estimate of drug-likeness (QED) is 0.254. The monoisotopic (exact) mass is 639 g/mol. The molecule has 2 aromatic heterocycles. The number of nitrogens with zero attached hydrogens (tertiary/aromatic N) is 5. The number of benzene rings is 2. The van der Waals surface area contributed by atoms with Gasteiger partial charge in [-0.05, 0) is 36.8 Å². The van der Waals surface area contributed by atoms with E-state index in [0.717, 1.165) is 17.9 Å². The summed E-state index contributed by atoms with van der Waals surface area (Å²) in [6, 6.07) is 13.0. The van der Waals surface area contributed by atoms with Gasteiger partial charge in [-0.3, -0.25) is 4.90 Å². The molecule has 2 fully saturated rings. The third-order valence-corrected chi connectivity index (χ3v) is 8.72. The zero-order valence-electron chi connectivity index (χ0n) is 23.5. The number of carboxylic acids is 1. The number of hydrogen-bond acceptors (Lipinski definition) is 8. The summed E-state index contributed by atoms with van der Waals surface area (Å²) in [5.74, 6) is 0.377. The lowest BCUT2D eigenvalue weighted by Crippen LogP contribution is -2.51. The number of aromatic nitrogens is 3. The molecule has 2 atom stereocenters. The van der Waals surface area contributed by atoms with Gasteiger partial charge in [0.1, 0.15) is 42.5 Å². The predicted octanol–water partition coefficient (Wildman–Crippen LogP) is 5.51. The number of halogens is 3. The number of ether oxygens (including phenoxy) is 3. The summed E-state index contributed by atoms with van der Waals surface area (Å²) in [7, 11) is 0. The van der Waals surface area contributed by atoms with Gasteiger partial charge in [0.2, 0.25) is 5.88 Å². The second kappa shape index (κ2) is 11.9. The van der Waals surface area contributed by atoms with Crippen LogP contribution in [0.5, 0.6) is 5.88 Å². The summed E-state index contributed by atoms with van der Waals surface area (Å²) in [4.78, 5) is 25.7. The third-order valence-electron chi connectivity index (χ3n) is 8.20. The molecule has 4 aromatic rings. The summed E-state index contributed by atoms with van der Waals surface area (Å²) in [5, 5.41) is 10.3. The lowest BCUT2D eigenvalue weighted by atomic mass is 10.1. The SMILES string of the molecule is O=C(O)c1cc(Cl)c2nc(CN3CCN(c4cccc(OCc5ccc(Cl)cc5F)n4)C4=COCC43)n(CC3CCO3)c2c1. The number of carboxylic acid groups (broad SMARTS) is 1. The van der Waals surface area contributed by atoms with Crippen LogP contribution in [0.25, 0.3) is 11.0 Å². The first-order valence-electron chi connectivity index (χ1n) is 14.2. The average molecular weight is 640 g/mol. The molecule has 228 valence electrons. The Morgan fingerprint density at radius 1 is 1.14 bits per heavy atom. The molecule has 10 nitrogen and oxygen atoms in total. The fourth-order valence-corrected chi connectivity index (χ4v) is 6.21. The Labute approximate surface area is 262 Å². The molecule has 3 aliphatic rings. The summed E-state index contributed by atoms with van der Waals surface area (Å²) < 4.78 is 33.6. The Hall–Kier alpha value is -3.90. The fraction of sp³-hybridized carbons (Fsp3) is 0.323. The Bertz CT molecular complexity index is 1780. The zero-order valence-corrected chi connectivity index (χ0v) is 25.0. The summed E-state index contributed by atoms with van der Waals surface area (Å²) in [6.07, 6.45) is 2.73. The maximum atomic E-state index is 14.2. The van der Waals surface area contributed by atoms with Crippen LogP contribution in [0.2, 0.25) is 10.0 Å². The molecule has 0 spiro atoms. The van der Waals surface area contributed by atoms with Gasteiger partial charge < -0.3 is 28.8 Å². The number of imidazole rings is 1. The second-order valence-corrected chi connectivity index (χ2v) is 11.8. The van der Waals surface area contributed by atoms with Crippen molar-refractivity contribution in [1.29, 1.82) is 0 Å². The van der Waals surface area contributed by atoms with Gasteiger partial charge in [-0.2, -0.15) is 4.98 Å². The van der Waals surface area contributed by atoms with Gasteiger partial charge in [0.15, 0.2) is 0 Å². The van der Waals surface area contributed by atoms with Gasteiger partial charge in [-0.1, -0.05) is 35.3 Å². The lowest BCUT2D eigenvalue weighted by Gasteiger charge is -2.40. The van der Waals surface area contributed by atoms with Gasteiger partial charge >= 0.3 is 5.97 Å². The van der Waals surface area contributed by atoms with Gasteiger partial charge in [0.05, 0.1) is 47.0 Å². The topological polar surface area (TPSA) is 102 Å². The first-order chi connectivity index (χ1) is 21.3. The average Bonchev–Trinajstić information content (AvgIpc) is 3.60. The molecule has 44 heavy (non-hydrogen) atoms. The van der Waals surface area contributed by atoms with Crippen LogP contribution in [0.1, 0.15) is 28.2 Å². The van der Waals surface area contributed by atoms with Crippen molar-refractivity contribution < 1.29 is 28.5 Å². The molecule has 1 N–H and O–H groups in total. The summed E-state index contributed by atoms with van der Waals surface area (Å²) >= 11 is 12.4. The zero-order chi connectivity index (χ0) is 30.4. The van der Waals surface area contributed by atoms with Crippen LogP contribution in [0.3, 0.4) is 0 Å². The van der Waals surface area contributed by atoms with Gasteiger partial charge in [-0.25, -0.2) is 14.2 Å². The van der Waals surface area contributed by atoms with Crippen molar-refractivity contribution in [3.8, 4) is 5.88 Å². The van der Waals surface area contributed by atoms with E-state index in [4.69, 9.17) is 47.4 Å². The standard InChI is InChI=1S/C31H28Cl2FN5O5/c32-20-5-4-18(23(34)12-20)15-44-29-3-1-2-27(35-29)38-8-7-37(25-16-42-17-26(25)38)14-28-36-30-22(33)10-19(31(40)41)11-24(30)39(28)13-21-6-9-43-21/h1-5,10-12,17,21,25H,6-9,13-16H2,(H,40,41). The first kappa shape index (κ1) is 28.8. The van der Waals surface area contributed by atoms with Crippen LogP contribution in [0.4, 0.5) is 10.2 Å². The van der Waals surface area contributed by atoms with Crippen molar-refractivity contribution in [2.24, 2.45) is 0 Å². The normalized spacial score (nSPS) is 19.8. The van der Waals surface area contributed by atoms with E-state index >= 15 is 0 Å². The molecule has 2 saturated heterocycles. The molecule has 0 radical (unpaired) electrons. The third kappa shape index (κ3) is 5.56. The second-order valence-electron chi connectivity index (χ2n) is 10.9. The highest BCUT2D eigenvalue weighted by Gasteiger charge is 2.37. The Morgan fingerprint density at radius 3 is 2.77 bits per heavy atom. The largest absolute Gasteiger partial charge is 0.497 e. The molecule has 5 heterocycles. The van der Waals surface area contributed by atoms with Crippen molar-refractivity contribution in [3.05, 3.63) is 93.3 Å². The van der Waals surface area contributed by atoms with Crippen LogP contribution in [0, 0.1) is 5.82 Å². The summed E-state index contributed by atoms with van der Waals surface area (Å²) in [6.45, 7) is 3.57. The van der Waals surface area contributed by atoms with Gasteiger partial charge in [0.25, 0.3) is 0 Å². The molecule has 0 aliphatic carbocycles. The number of carbonyl (C=O) groups is 1. The van der Waals surface area contributed by atoms with E-state index in [1.807, 2.05) is 16.7 Å². The molecule has 2 aromatic carbocycles. The molecule has 0 saturated carbocycles. The predicted molar refractivity (Wildman–Crippen MR) is 162 cm³/mol. The molecule has 2 unspecified atom stereocenters. The number of anilines is 1. The molecular formula is C31H28Cl2FN5O5. The molecular weight excluding hydrogens is 612 g/mol. The number of fused-ring (bicyclic) bond motifs is 2. The maximum Gasteiger partial charge on any atom is 0.335 e. The number of hydrogen-bond donors (Lipinski definition) is 1. The molecule has 13 heteroatoms. The molecule has 0 amide bonds. The van der Waals surface area contributed by atoms with Crippen molar-refractivity contribution >= 4 is 46.0 Å². The minimum absolute atomic E-state index is 0.0204. The first-order valence-corrected chi connectivity index (χ1v) is 15.0. The fourth-order valence-electron chi connectivity index (χ4n) is 5.79. The van der Waals surface area contributed by atoms with Crippen molar-refractivity contribution in [3.63, 3.8) is 0 Å². The van der Waals surface area contributed by atoms with Crippen LogP contribution in [-0.2, 0) is 29.2 Å². The number of aromatic carboxylic acids is 1. The Balaban J connectivity index is 1.11.